The molecule has 4 nitrogen and oxygen atoms in total. The quantitative estimate of drug-likeness (QED) is 0.496. The third-order valence-electron chi connectivity index (χ3n) is 3.04. The number of alkyl halides is 1. The monoisotopic (exact) mass is 353 g/mol. The molecule has 0 bridgehead atoms. The maximum absolute atomic E-state index is 11.8. The van der Waals surface area contributed by atoms with Gasteiger partial charge in [0.1, 0.15) is 11.2 Å². The summed E-state index contributed by atoms with van der Waals surface area (Å²) in [5.41, 5.74) is -0.500. The zero-order valence-corrected chi connectivity index (χ0v) is 12.8. The standard InChI is InChI=1S/C12H20INO3/c1-11(2,3)17-10(15)14-7-12(8-14)6-9(13)4-5-16-12/h9H,4-8H2,1-3H3. The van der Waals surface area contributed by atoms with E-state index in [2.05, 4.69) is 22.6 Å². The molecule has 2 saturated heterocycles. The Morgan fingerprint density at radius 1 is 1.47 bits per heavy atom. The Morgan fingerprint density at radius 2 is 2.12 bits per heavy atom. The molecule has 2 heterocycles. The van der Waals surface area contributed by atoms with Gasteiger partial charge in [0.2, 0.25) is 0 Å². The molecular formula is C12H20INO3. The van der Waals surface area contributed by atoms with Crippen LogP contribution in [0.5, 0.6) is 0 Å². The first-order chi connectivity index (χ1) is 7.80. The first-order valence-corrected chi connectivity index (χ1v) is 7.30. The van der Waals surface area contributed by atoms with E-state index < -0.39 is 5.60 Å². The van der Waals surface area contributed by atoms with Gasteiger partial charge < -0.3 is 14.4 Å². The van der Waals surface area contributed by atoms with Crippen LogP contribution >= 0.6 is 22.6 Å². The fraction of sp³-hybridized carbons (Fsp3) is 0.917. The molecule has 2 aliphatic heterocycles. The lowest BCUT2D eigenvalue weighted by Gasteiger charge is -2.52. The summed E-state index contributed by atoms with van der Waals surface area (Å²) >= 11 is 2.47. The predicted molar refractivity (Wildman–Crippen MR) is 73.5 cm³/mol. The highest BCUT2D eigenvalue weighted by molar-refractivity contribution is 14.1. The third kappa shape index (κ3) is 3.24. The van der Waals surface area contributed by atoms with E-state index in [1.165, 1.54) is 0 Å². The van der Waals surface area contributed by atoms with Crippen LogP contribution in [0, 0.1) is 0 Å². The van der Waals surface area contributed by atoms with Crippen molar-refractivity contribution in [1.82, 2.24) is 4.90 Å². The first-order valence-electron chi connectivity index (χ1n) is 6.06. The van der Waals surface area contributed by atoms with Crippen LogP contribution in [0.1, 0.15) is 33.6 Å². The van der Waals surface area contributed by atoms with Gasteiger partial charge in [0.25, 0.3) is 0 Å². The van der Waals surface area contributed by atoms with E-state index in [0.717, 1.165) is 19.4 Å². The van der Waals surface area contributed by atoms with Gasteiger partial charge in [-0.1, -0.05) is 22.6 Å². The van der Waals surface area contributed by atoms with Gasteiger partial charge in [-0.15, -0.1) is 0 Å². The second kappa shape index (κ2) is 4.57. The van der Waals surface area contributed by atoms with Crippen LogP contribution in [0.2, 0.25) is 0 Å². The number of amides is 1. The number of rotatable bonds is 0. The maximum Gasteiger partial charge on any atom is 0.410 e. The summed E-state index contributed by atoms with van der Waals surface area (Å²) in [5, 5.41) is 0. The minimum atomic E-state index is -0.418. The summed E-state index contributed by atoms with van der Waals surface area (Å²) in [6.07, 6.45) is 1.95. The highest BCUT2D eigenvalue weighted by Crippen LogP contribution is 2.37. The Kier molecular flexibility index (Phi) is 3.60. The van der Waals surface area contributed by atoms with E-state index in [-0.39, 0.29) is 11.7 Å². The smallest absolute Gasteiger partial charge is 0.410 e. The zero-order valence-electron chi connectivity index (χ0n) is 10.7. The molecule has 0 aromatic rings. The van der Waals surface area contributed by atoms with Gasteiger partial charge in [0, 0.05) is 10.5 Å². The highest BCUT2D eigenvalue weighted by atomic mass is 127. The Morgan fingerprint density at radius 3 is 2.65 bits per heavy atom. The van der Waals surface area contributed by atoms with E-state index in [0.29, 0.717) is 17.0 Å². The van der Waals surface area contributed by atoms with Gasteiger partial charge in [-0.3, -0.25) is 0 Å². The van der Waals surface area contributed by atoms with Crippen LogP contribution < -0.4 is 0 Å². The fourth-order valence-electron chi connectivity index (χ4n) is 2.29. The largest absolute Gasteiger partial charge is 0.444 e. The average Bonchev–Trinajstić information content (AvgIpc) is 2.10. The van der Waals surface area contributed by atoms with Gasteiger partial charge in [0.15, 0.2) is 0 Å². The van der Waals surface area contributed by atoms with Crippen LogP contribution in [0.4, 0.5) is 4.79 Å². The highest BCUT2D eigenvalue weighted by Gasteiger charge is 2.49. The Bertz CT molecular complexity index is 307. The molecule has 0 N–H and O–H groups in total. The van der Waals surface area contributed by atoms with Crippen LogP contribution in [0.25, 0.3) is 0 Å². The zero-order chi connectivity index (χ0) is 12.7. The molecular weight excluding hydrogens is 333 g/mol. The van der Waals surface area contributed by atoms with Crippen molar-refractivity contribution in [3.63, 3.8) is 0 Å². The number of carbonyl (C=O) groups is 1. The fourth-order valence-corrected chi connectivity index (χ4v) is 3.35. The first kappa shape index (κ1) is 13.4. The molecule has 0 saturated carbocycles. The van der Waals surface area contributed by atoms with E-state index in [4.69, 9.17) is 9.47 Å². The third-order valence-corrected chi connectivity index (χ3v) is 4.11. The SMILES string of the molecule is CC(C)(C)OC(=O)N1CC2(CC(I)CCO2)C1. The van der Waals surface area contributed by atoms with Crippen molar-refractivity contribution >= 4 is 28.7 Å². The van der Waals surface area contributed by atoms with Crippen LogP contribution in [0.15, 0.2) is 0 Å². The number of hydrogen-bond acceptors (Lipinski definition) is 3. The molecule has 17 heavy (non-hydrogen) atoms. The topological polar surface area (TPSA) is 38.8 Å². The van der Waals surface area contributed by atoms with Gasteiger partial charge in [-0.2, -0.15) is 0 Å². The van der Waals surface area contributed by atoms with Crippen LogP contribution in [0.3, 0.4) is 0 Å². The molecule has 2 fully saturated rings. The number of halogens is 1. The van der Waals surface area contributed by atoms with E-state index >= 15 is 0 Å². The summed E-state index contributed by atoms with van der Waals surface area (Å²) < 4.78 is 11.8. The Hall–Kier alpha value is -0.0400. The number of ether oxygens (including phenoxy) is 2. The molecule has 2 aliphatic rings. The van der Waals surface area contributed by atoms with Crippen molar-refractivity contribution < 1.29 is 14.3 Å². The van der Waals surface area contributed by atoms with Crippen molar-refractivity contribution in [3.8, 4) is 0 Å². The summed E-state index contributed by atoms with van der Waals surface area (Å²) in [5.74, 6) is 0. The van der Waals surface area contributed by atoms with E-state index in [1.807, 2.05) is 20.8 Å². The van der Waals surface area contributed by atoms with Crippen molar-refractivity contribution in [2.45, 2.75) is 48.7 Å². The van der Waals surface area contributed by atoms with Crippen molar-refractivity contribution in [3.05, 3.63) is 0 Å². The number of likely N-dealkylation sites (tertiary alicyclic amines) is 1. The van der Waals surface area contributed by atoms with Crippen LogP contribution in [-0.4, -0.2) is 45.8 Å². The Labute approximate surface area is 116 Å². The molecule has 0 radical (unpaired) electrons. The van der Waals surface area contributed by atoms with Crippen LogP contribution in [-0.2, 0) is 9.47 Å². The predicted octanol–water partition coefficient (Wildman–Crippen LogP) is 2.59. The van der Waals surface area contributed by atoms with Gasteiger partial charge in [-0.25, -0.2) is 4.79 Å². The normalized spacial score (nSPS) is 27.8. The number of carbonyl (C=O) groups excluding carboxylic acids is 1. The molecule has 0 aromatic carbocycles. The van der Waals surface area contributed by atoms with Crippen molar-refractivity contribution in [2.75, 3.05) is 19.7 Å². The van der Waals surface area contributed by atoms with Gasteiger partial charge in [0.05, 0.1) is 13.1 Å². The molecule has 5 heteroatoms. The minimum Gasteiger partial charge on any atom is -0.444 e. The lowest BCUT2D eigenvalue weighted by molar-refractivity contribution is -0.157. The molecule has 2 rings (SSSR count). The molecule has 98 valence electrons. The number of hydrogen-bond donors (Lipinski definition) is 0. The van der Waals surface area contributed by atoms with E-state index in [9.17, 15) is 4.79 Å². The second-order valence-electron chi connectivity index (χ2n) is 5.96. The molecule has 1 amide bonds. The van der Waals surface area contributed by atoms with Crippen molar-refractivity contribution in [1.29, 1.82) is 0 Å². The lowest BCUT2D eigenvalue weighted by Crippen LogP contribution is -2.67. The molecule has 0 aliphatic carbocycles. The molecule has 1 unspecified atom stereocenters. The summed E-state index contributed by atoms with van der Waals surface area (Å²) in [6.45, 7) is 7.84. The lowest BCUT2D eigenvalue weighted by atomic mass is 9.86. The average molecular weight is 353 g/mol. The molecule has 1 spiro atoms. The maximum atomic E-state index is 11.8. The van der Waals surface area contributed by atoms with Gasteiger partial charge >= 0.3 is 6.09 Å². The summed E-state index contributed by atoms with van der Waals surface area (Å²) in [4.78, 5) is 13.5. The number of nitrogens with zero attached hydrogens (tertiary/aromatic N) is 1. The second-order valence-corrected chi connectivity index (χ2v) is 7.72. The Balaban J connectivity index is 1.83. The van der Waals surface area contributed by atoms with Crippen molar-refractivity contribution in [2.24, 2.45) is 0 Å². The van der Waals surface area contributed by atoms with E-state index in [1.54, 1.807) is 4.90 Å². The van der Waals surface area contributed by atoms with Gasteiger partial charge in [-0.05, 0) is 33.6 Å². The minimum absolute atomic E-state index is 0.0823. The molecule has 1 atom stereocenters. The molecule has 0 aromatic heterocycles. The summed E-state index contributed by atoms with van der Waals surface area (Å²) in [6, 6.07) is 0. The summed E-state index contributed by atoms with van der Waals surface area (Å²) in [7, 11) is 0.